The van der Waals surface area contributed by atoms with Gasteiger partial charge in [0.1, 0.15) is 6.67 Å². The van der Waals surface area contributed by atoms with E-state index in [0.717, 1.165) is 13.2 Å². The lowest BCUT2D eigenvalue weighted by Gasteiger charge is -2.36. The van der Waals surface area contributed by atoms with E-state index in [0.29, 0.717) is 12.6 Å². The first-order valence-electron chi connectivity index (χ1n) is 4.15. The monoisotopic (exact) mass is 161 g/mol. The molecule has 0 saturated carbocycles. The van der Waals surface area contributed by atoms with Crippen LogP contribution >= 0.6 is 0 Å². The summed E-state index contributed by atoms with van der Waals surface area (Å²) in [5.41, 5.74) is 0. The Kier molecular flexibility index (Phi) is 3.27. The van der Waals surface area contributed by atoms with Gasteiger partial charge in [-0.25, -0.2) is 4.39 Å². The first-order chi connectivity index (χ1) is 5.25. The van der Waals surface area contributed by atoms with Gasteiger partial charge in [-0.05, 0) is 13.8 Å². The normalized spacial score (nSPS) is 27.8. The molecule has 11 heavy (non-hydrogen) atoms. The van der Waals surface area contributed by atoms with Crippen LogP contribution in [0.2, 0.25) is 0 Å². The van der Waals surface area contributed by atoms with E-state index in [4.69, 9.17) is 4.74 Å². The third-order valence-corrected chi connectivity index (χ3v) is 2.11. The van der Waals surface area contributed by atoms with Crippen LogP contribution < -0.4 is 0 Å². The molecule has 2 nitrogen and oxygen atoms in total. The summed E-state index contributed by atoms with van der Waals surface area (Å²) < 4.78 is 17.5. The lowest BCUT2D eigenvalue weighted by Crippen LogP contribution is -2.49. The zero-order chi connectivity index (χ0) is 8.27. The molecule has 0 aromatic carbocycles. The molecule has 0 aliphatic carbocycles. The molecule has 0 radical (unpaired) electrons. The Labute approximate surface area is 67.3 Å². The van der Waals surface area contributed by atoms with E-state index in [2.05, 4.69) is 18.7 Å². The van der Waals surface area contributed by atoms with Gasteiger partial charge in [0, 0.05) is 12.6 Å². The molecule has 1 fully saturated rings. The average Bonchev–Trinajstić information content (AvgIpc) is 2.04. The molecule has 1 atom stereocenters. The van der Waals surface area contributed by atoms with Crippen LogP contribution in [0.4, 0.5) is 4.39 Å². The van der Waals surface area contributed by atoms with E-state index in [9.17, 15) is 4.39 Å². The molecule has 1 saturated heterocycles. The Balaban J connectivity index is 2.44. The van der Waals surface area contributed by atoms with Crippen LogP contribution in [0.25, 0.3) is 0 Å². The number of morpholine rings is 1. The molecule has 1 rings (SSSR count). The molecule has 66 valence electrons. The van der Waals surface area contributed by atoms with Crippen molar-refractivity contribution in [1.29, 1.82) is 0 Å². The zero-order valence-corrected chi connectivity index (χ0v) is 7.22. The van der Waals surface area contributed by atoms with Crippen molar-refractivity contribution in [2.75, 3.05) is 26.4 Å². The van der Waals surface area contributed by atoms with Crippen molar-refractivity contribution in [1.82, 2.24) is 4.90 Å². The molecule has 0 aromatic rings. The number of hydrogen-bond donors (Lipinski definition) is 0. The second-order valence-electron chi connectivity index (χ2n) is 3.21. The number of rotatable bonds is 2. The highest BCUT2D eigenvalue weighted by Gasteiger charge is 2.24. The minimum atomic E-state index is -0.293. The summed E-state index contributed by atoms with van der Waals surface area (Å²) in [4.78, 5) is 2.16. The van der Waals surface area contributed by atoms with Crippen molar-refractivity contribution < 1.29 is 9.13 Å². The second kappa shape index (κ2) is 4.02. The van der Waals surface area contributed by atoms with E-state index >= 15 is 0 Å². The van der Waals surface area contributed by atoms with Crippen LogP contribution in [-0.4, -0.2) is 43.4 Å². The van der Waals surface area contributed by atoms with Crippen molar-refractivity contribution in [2.45, 2.75) is 25.9 Å². The Morgan fingerprint density at radius 2 is 2.36 bits per heavy atom. The maximum absolute atomic E-state index is 12.4. The molecule has 0 bridgehead atoms. The maximum Gasteiger partial charge on any atom is 0.107 e. The van der Waals surface area contributed by atoms with E-state index < -0.39 is 0 Å². The Hall–Kier alpha value is -0.150. The molecule has 0 amide bonds. The fourth-order valence-corrected chi connectivity index (χ4v) is 1.48. The maximum atomic E-state index is 12.4. The summed E-state index contributed by atoms with van der Waals surface area (Å²) in [6.45, 7) is 6.05. The van der Waals surface area contributed by atoms with Crippen molar-refractivity contribution in [2.24, 2.45) is 0 Å². The molecule has 0 aromatic heterocycles. The summed E-state index contributed by atoms with van der Waals surface area (Å²) in [5, 5.41) is 0. The summed E-state index contributed by atoms with van der Waals surface area (Å²) >= 11 is 0. The van der Waals surface area contributed by atoms with E-state index in [-0.39, 0.29) is 12.7 Å². The molecular weight excluding hydrogens is 145 g/mol. The highest BCUT2D eigenvalue weighted by atomic mass is 19.1. The zero-order valence-electron chi connectivity index (χ0n) is 7.22. The Morgan fingerprint density at radius 1 is 1.64 bits per heavy atom. The van der Waals surface area contributed by atoms with Gasteiger partial charge in [0.2, 0.25) is 0 Å². The van der Waals surface area contributed by atoms with Crippen molar-refractivity contribution in [3.05, 3.63) is 0 Å². The van der Waals surface area contributed by atoms with E-state index in [1.54, 1.807) is 0 Å². The van der Waals surface area contributed by atoms with Crippen LogP contribution in [0.5, 0.6) is 0 Å². The van der Waals surface area contributed by atoms with Gasteiger partial charge in [-0.2, -0.15) is 0 Å². The van der Waals surface area contributed by atoms with Crippen LogP contribution in [0.15, 0.2) is 0 Å². The minimum Gasteiger partial charge on any atom is -0.378 e. The van der Waals surface area contributed by atoms with Gasteiger partial charge >= 0.3 is 0 Å². The predicted octanol–water partition coefficient (Wildman–Crippen LogP) is 1.07. The molecule has 1 heterocycles. The van der Waals surface area contributed by atoms with Crippen molar-refractivity contribution in [3.63, 3.8) is 0 Å². The smallest absolute Gasteiger partial charge is 0.107 e. The number of halogens is 1. The van der Waals surface area contributed by atoms with Gasteiger partial charge in [-0.1, -0.05) is 0 Å². The lowest BCUT2D eigenvalue weighted by molar-refractivity contribution is -0.0298. The molecule has 1 unspecified atom stereocenters. The third kappa shape index (κ3) is 2.14. The van der Waals surface area contributed by atoms with Crippen molar-refractivity contribution in [3.8, 4) is 0 Å². The molecule has 1 aliphatic rings. The summed E-state index contributed by atoms with van der Waals surface area (Å²) in [5.74, 6) is 0. The van der Waals surface area contributed by atoms with Crippen molar-refractivity contribution >= 4 is 0 Å². The average molecular weight is 161 g/mol. The van der Waals surface area contributed by atoms with Gasteiger partial charge in [0.25, 0.3) is 0 Å². The van der Waals surface area contributed by atoms with Gasteiger partial charge in [-0.15, -0.1) is 0 Å². The first-order valence-corrected chi connectivity index (χ1v) is 4.15. The fourth-order valence-electron chi connectivity index (χ4n) is 1.48. The quantitative estimate of drug-likeness (QED) is 0.600. The molecule has 0 N–H and O–H groups in total. The number of nitrogens with zero attached hydrogens (tertiary/aromatic N) is 1. The lowest BCUT2D eigenvalue weighted by atomic mass is 10.2. The second-order valence-corrected chi connectivity index (χ2v) is 3.21. The summed E-state index contributed by atoms with van der Waals surface area (Å²) in [6, 6.07) is 0.420. The standard InChI is InChI=1S/C8H16FNO/c1-7(2)10-3-4-11-6-8(10)5-9/h7-8H,3-6H2,1-2H3. The molecule has 0 spiro atoms. The SMILES string of the molecule is CC(C)N1CCOCC1CF. The van der Waals surface area contributed by atoms with E-state index in [1.807, 2.05) is 0 Å². The number of ether oxygens (including phenoxy) is 1. The topological polar surface area (TPSA) is 12.5 Å². The summed E-state index contributed by atoms with van der Waals surface area (Å²) in [6.07, 6.45) is 0. The van der Waals surface area contributed by atoms with Gasteiger partial charge in [-0.3, -0.25) is 4.90 Å². The van der Waals surface area contributed by atoms with E-state index in [1.165, 1.54) is 0 Å². The Morgan fingerprint density at radius 3 is 2.82 bits per heavy atom. The van der Waals surface area contributed by atoms with Gasteiger partial charge in [0.15, 0.2) is 0 Å². The highest BCUT2D eigenvalue weighted by Crippen LogP contribution is 2.10. The molecular formula is C8H16FNO. The van der Waals surface area contributed by atoms with Crippen LogP contribution in [0.3, 0.4) is 0 Å². The summed E-state index contributed by atoms with van der Waals surface area (Å²) in [7, 11) is 0. The number of alkyl halides is 1. The minimum absolute atomic E-state index is 0.0104. The highest BCUT2D eigenvalue weighted by molar-refractivity contribution is 4.76. The number of hydrogen-bond acceptors (Lipinski definition) is 2. The predicted molar refractivity (Wildman–Crippen MR) is 42.4 cm³/mol. The molecule has 1 aliphatic heterocycles. The largest absolute Gasteiger partial charge is 0.378 e. The van der Waals surface area contributed by atoms with Gasteiger partial charge in [0.05, 0.1) is 19.3 Å². The van der Waals surface area contributed by atoms with Crippen LogP contribution in [0, 0.1) is 0 Å². The first kappa shape index (κ1) is 8.94. The van der Waals surface area contributed by atoms with Crippen LogP contribution in [-0.2, 0) is 4.74 Å². The molecule has 3 heteroatoms. The Bertz CT molecular complexity index is 119. The van der Waals surface area contributed by atoms with Gasteiger partial charge < -0.3 is 4.74 Å². The van der Waals surface area contributed by atoms with Crippen LogP contribution in [0.1, 0.15) is 13.8 Å². The third-order valence-electron chi connectivity index (χ3n) is 2.11. The fraction of sp³-hybridized carbons (Fsp3) is 1.00.